The molecule has 0 heterocycles. The Bertz CT molecular complexity index is 65.4. The molecule has 0 aliphatic carbocycles. The van der Waals surface area contributed by atoms with E-state index in [-0.39, 0.29) is 30.6 Å². The van der Waals surface area contributed by atoms with Crippen molar-refractivity contribution in [1.82, 2.24) is 0 Å². The van der Waals surface area contributed by atoms with E-state index in [1.165, 1.54) is 0 Å². The Balaban J connectivity index is -0.0000000369. The van der Waals surface area contributed by atoms with Gasteiger partial charge in [0.25, 0.3) is 0 Å². The van der Waals surface area contributed by atoms with Gasteiger partial charge in [0.2, 0.25) is 0 Å². The van der Waals surface area contributed by atoms with Gasteiger partial charge in [-0.3, -0.25) is 0 Å². The zero-order valence-corrected chi connectivity index (χ0v) is 13.0. The van der Waals surface area contributed by atoms with E-state index in [1.807, 2.05) is 0 Å². The normalized spacial score (nSPS) is 8.12. The first kappa shape index (κ1) is 30.4. The number of aliphatic hydroxyl groups excluding tert-OH is 2. The summed E-state index contributed by atoms with van der Waals surface area (Å²) in [5.74, 6) is 0. The summed E-state index contributed by atoms with van der Waals surface area (Å²) in [5.41, 5.74) is 0. The van der Waals surface area contributed by atoms with Gasteiger partial charge in [0, 0.05) is 0 Å². The number of rotatable bonds is 1. The first-order chi connectivity index (χ1) is 7.11. The maximum Gasteiger partial charge on any atom is 3.00 e. The van der Waals surface area contributed by atoms with Crippen molar-refractivity contribution in [3.8, 4) is 0 Å². The maximum atomic E-state index is 9.53. The predicted molar refractivity (Wildman–Crippen MR) is 65.3 cm³/mol. The molecule has 0 aliphatic rings. The zero-order chi connectivity index (χ0) is 14.1. The van der Waals surface area contributed by atoms with Crippen LogP contribution in [-0.2, 0) is 0 Å². The minimum Gasteiger partial charge on any atom is -0.852 e. The van der Waals surface area contributed by atoms with Crippen molar-refractivity contribution in [1.29, 1.82) is 0 Å². The van der Waals surface area contributed by atoms with Gasteiger partial charge in [-0.2, -0.15) is 0 Å². The van der Waals surface area contributed by atoms with Crippen molar-refractivity contribution >= 4 is 17.4 Å². The Labute approximate surface area is 116 Å². The molecule has 0 saturated heterocycles. The fourth-order valence-corrected chi connectivity index (χ4v) is 0. The van der Waals surface area contributed by atoms with Gasteiger partial charge in [-0.05, 0) is 0 Å². The smallest absolute Gasteiger partial charge is 0.852 e. The van der Waals surface area contributed by atoms with Crippen LogP contribution in [0.4, 0.5) is 0 Å². The van der Waals surface area contributed by atoms with Gasteiger partial charge in [0.15, 0.2) is 0 Å². The van der Waals surface area contributed by atoms with Crippen LogP contribution < -0.4 is 15.3 Å². The quantitative estimate of drug-likeness (QED) is 0.526. The Morgan fingerprint density at radius 2 is 0.706 bits per heavy atom. The van der Waals surface area contributed by atoms with Crippen LogP contribution in [0.2, 0.25) is 0 Å². The molecule has 17 heavy (non-hydrogen) atoms. The van der Waals surface area contributed by atoms with Crippen LogP contribution in [0, 0.1) is 0 Å². The minimum absolute atomic E-state index is 0. The standard InChI is InChI=1S/3C3H7O.C2H6O2.Al/c3*1-3(2)4;3-1-2-4;/h3*3H,1-2H3;3-4H,1-2H2;/q3*-1;;+3. The average Bonchev–Trinajstić information content (AvgIpc) is 2.00. The molecule has 0 radical (unpaired) electrons. The van der Waals surface area contributed by atoms with Crippen LogP contribution in [-0.4, -0.2) is 59.1 Å². The minimum atomic E-state index is -0.417. The van der Waals surface area contributed by atoms with Gasteiger partial charge >= 0.3 is 17.4 Å². The van der Waals surface area contributed by atoms with Crippen LogP contribution >= 0.6 is 0 Å². The van der Waals surface area contributed by atoms with E-state index in [0.29, 0.717) is 0 Å². The molecule has 0 aliphatic heterocycles. The first-order valence-electron chi connectivity index (χ1n) is 5.30. The molecule has 0 atom stereocenters. The van der Waals surface area contributed by atoms with Crippen molar-refractivity contribution in [3.05, 3.63) is 0 Å². The van der Waals surface area contributed by atoms with Gasteiger partial charge in [-0.15, -0.1) is 18.3 Å². The molecule has 0 spiro atoms. The fourth-order valence-electron chi connectivity index (χ4n) is 0. The number of aliphatic hydroxyl groups is 2. The first-order valence-corrected chi connectivity index (χ1v) is 5.30. The third-order valence-corrected chi connectivity index (χ3v) is 0.1000. The molecule has 0 aromatic rings. The van der Waals surface area contributed by atoms with Crippen LogP contribution in [0.5, 0.6) is 0 Å². The largest absolute Gasteiger partial charge is 3.00 e. The summed E-state index contributed by atoms with van der Waals surface area (Å²) in [6, 6.07) is 0. The second kappa shape index (κ2) is 29.9. The molecule has 0 amide bonds. The monoisotopic (exact) mass is 266 g/mol. The molecule has 104 valence electrons. The zero-order valence-electron chi connectivity index (χ0n) is 11.8. The summed E-state index contributed by atoms with van der Waals surface area (Å²) in [4.78, 5) is 0. The third-order valence-electron chi connectivity index (χ3n) is 0.1000. The van der Waals surface area contributed by atoms with E-state index in [2.05, 4.69) is 0 Å². The fraction of sp³-hybridized carbons (Fsp3) is 1.00. The van der Waals surface area contributed by atoms with Crippen LogP contribution in [0.15, 0.2) is 0 Å². The van der Waals surface area contributed by atoms with Gasteiger partial charge in [0.05, 0.1) is 13.2 Å². The molecule has 0 unspecified atom stereocenters. The summed E-state index contributed by atoms with van der Waals surface area (Å²) in [6.07, 6.45) is -1.25. The second-order valence-electron chi connectivity index (χ2n) is 3.59. The number of hydrogen-bond acceptors (Lipinski definition) is 5. The average molecular weight is 266 g/mol. The van der Waals surface area contributed by atoms with Crippen molar-refractivity contribution in [2.45, 2.75) is 59.9 Å². The van der Waals surface area contributed by atoms with Crippen LogP contribution in [0.25, 0.3) is 0 Å². The predicted octanol–water partition coefficient (Wildman–Crippen LogP) is -2.14. The molecule has 0 aromatic heterocycles. The second-order valence-corrected chi connectivity index (χ2v) is 3.59. The summed E-state index contributed by atoms with van der Waals surface area (Å²) in [6.45, 7) is 9.42. The summed E-state index contributed by atoms with van der Waals surface area (Å²) < 4.78 is 0. The Morgan fingerprint density at radius 1 is 0.647 bits per heavy atom. The third kappa shape index (κ3) is 1890. The van der Waals surface area contributed by atoms with E-state index >= 15 is 0 Å². The SMILES string of the molecule is CC(C)[O-].CC(C)[O-].CC(C)[O-].OCCO.[Al+3]. The van der Waals surface area contributed by atoms with Crippen molar-refractivity contribution in [3.63, 3.8) is 0 Å². The molecule has 0 saturated carbocycles. The van der Waals surface area contributed by atoms with E-state index in [4.69, 9.17) is 10.2 Å². The molecule has 0 rings (SSSR count). The van der Waals surface area contributed by atoms with Crippen molar-refractivity contribution in [2.24, 2.45) is 0 Å². The Hall–Kier alpha value is 0.332. The molecule has 5 nitrogen and oxygen atoms in total. The maximum absolute atomic E-state index is 9.53. The number of hydrogen-bond donors (Lipinski definition) is 2. The van der Waals surface area contributed by atoms with Crippen LogP contribution in [0.1, 0.15) is 41.5 Å². The molecule has 0 fully saturated rings. The summed E-state index contributed by atoms with van der Waals surface area (Å²) in [7, 11) is 0. The molecular weight excluding hydrogens is 239 g/mol. The van der Waals surface area contributed by atoms with E-state index in [1.54, 1.807) is 41.5 Å². The van der Waals surface area contributed by atoms with E-state index in [9.17, 15) is 15.3 Å². The topological polar surface area (TPSA) is 110 Å². The summed E-state index contributed by atoms with van der Waals surface area (Å²) in [5, 5.41) is 43.8. The Morgan fingerprint density at radius 3 is 0.706 bits per heavy atom. The molecule has 0 bridgehead atoms. The van der Waals surface area contributed by atoms with Gasteiger partial charge < -0.3 is 25.5 Å². The Kier molecular flexibility index (Phi) is 53.5. The van der Waals surface area contributed by atoms with E-state index in [0.717, 1.165) is 0 Å². The van der Waals surface area contributed by atoms with Gasteiger partial charge in [0.1, 0.15) is 0 Å². The van der Waals surface area contributed by atoms with Crippen molar-refractivity contribution in [2.75, 3.05) is 13.2 Å². The van der Waals surface area contributed by atoms with Crippen LogP contribution in [0.3, 0.4) is 0 Å². The molecular formula is C11H27AlO5. The summed E-state index contributed by atoms with van der Waals surface area (Å²) >= 11 is 0. The molecule has 0 aromatic carbocycles. The van der Waals surface area contributed by atoms with Crippen molar-refractivity contribution < 1.29 is 25.5 Å². The van der Waals surface area contributed by atoms with Gasteiger partial charge in [-0.25, -0.2) is 0 Å². The van der Waals surface area contributed by atoms with E-state index < -0.39 is 18.3 Å². The molecule has 2 N–H and O–H groups in total. The van der Waals surface area contributed by atoms with Gasteiger partial charge in [-0.1, -0.05) is 41.5 Å². The molecule has 6 heteroatoms.